The Hall–Kier alpha value is -0.580. The lowest BCUT2D eigenvalue weighted by Gasteiger charge is -2.34. The van der Waals surface area contributed by atoms with Gasteiger partial charge in [0.05, 0.1) is 0 Å². The van der Waals surface area contributed by atoms with E-state index in [1.165, 1.54) is 11.3 Å². The molecule has 3 nitrogen and oxygen atoms in total. The van der Waals surface area contributed by atoms with Gasteiger partial charge in [0.15, 0.2) is 0 Å². The lowest BCUT2D eigenvalue weighted by Crippen LogP contribution is -2.37. The van der Waals surface area contributed by atoms with Crippen LogP contribution in [0, 0.1) is 0 Å². The Morgan fingerprint density at radius 1 is 1.39 bits per heavy atom. The number of benzene rings is 1. The molecule has 1 aromatic carbocycles. The summed E-state index contributed by atoms with van der Waals surface area (Å²) in [6, 6.07) is 7.11. The average Bonchev–Trinajstić information content (AvgIpc) is 2.40. The Labute approximate surface area is 118 Å². The zero-order valence-electron chi connectivity index (χ0n) is 11.1. The molecule has 0 aliphatic carbocycles. The minimum absolute atomic E-state index is 0.593. The van der Waals surface area contributed by atoms with Gasteiger partial charge in [-0.2, -0.15) is 0 Å². The Balaban J connectivity index is 2.19. The summed E-state index contributed by atoms with van der Waals surface area (Å²) in [4.78, 5) is 2.40. The van der Waals surface area contributed by atoms with Crippen LogP contribution in [0.15, 0.2) is 22.7 Å². The third-order valence-corrected chi connectivity index (χ3v) is 4.02. The summed E-state index contributed by atoms with van der Waals surface area (Å²) in [6.07, 6.45) is 2.23. The Kier molecular flexibility index (Phi) is 5.03. The summed E-state index contributed by atoms with van der Waals surface area (Å²) < 4.78 is 6.57. The molecule has 0 unspecified atom stereocenters. The lowest BCUT2D eigenvalue weighted by molar-refractivity contribution is 0.0854. The van der Waals surface area contributed by atoms with Crippen molar-refractivity contribution in [3.63, 3.8) is 0 Å². The molecule has 18 heavy (non-hydrogen) atoms. The van der Waals surface area contributed by atoms with Crippen molar-refractivity contribution in [1.82, 2.24) is 5.32 Å². The van der Waals surface area contributed by atoms with Gasteiger partial charge in [-0.25, -0.2) is 0 Å². The van der Waals surface area contributed by atoms with Crippen LogP contribution in [0.2, 0.25) is 0 Å². The Bertz CT molecular complexity index is 391. The van der Waals surface area contributed by atoms with E-state index in [4.69, 9.17) is 4.74 Å². The number of ether oxygens (including phenoxy) is 1. The van der Waals surface area contributed by atoms with Crippen LogP contribution in [-0.4, -0.2) is 33.4 Å². The van der Waals surface area contributed by atoms with E-state index in [0.29, 0.717) is 6.04 Å². The van der Waals surface area contributed by atoms with Crippen LogP contribution >= 0.6 is 15.9 Å². The standard InChI is InChI=1S/C14H21BrN2O/c1-16-10-11-9-12(15)3-4-14(11)17(2)13-5-7-18-8-6-13/h3-4,9,13,16H,5-8,10H2,1-2H3. The Morgan fingerprint density at radius 3 is 2.78 bits per heavy atom. The molecule has 1 saturated heterocycles. The van der Waals surface area contributed by atoms with Crippen LogP contribution in [0.3, 0.4) is 0 Å². The third-order valence-electron chi connectivity index (χ3n) is 3.53. The minimum atomic E-state index is 0.593. The first kappa shape index (κ1) is 13.8. The fourth-order valence-corrected chi connectivity index (χ4v) is 2.91. The third kappa shape index (κ3) is 3.25. The molecule has 4 heteroatoms. The van der Waals surface area contributed by atoms with E-state index in [1.807, 2.05) is 7.05 Å². The molecule has 0 saturated carbocycles. The monoisotopic (exact) mass is 312 g/mol. The highest BCUT2D eigenvalue weighted by Gasteiger charge is 2.20. The highest BCUT2D eigenvalue weighted by Crippen LogP contribution is 2.27. The number of hydrogen-bond donors (Lipinski definition) is 1. The van der Waals surface area contributed by atoms with Crippen LogP contribution in [-0.2, 0) is 11.3 Å². The maximum absolute atomic E-state index is 5.44. The first-order valence-corrected chi connectivity index (χ1v) is 7.25. The molecule has 0 spiro atoms. The van der Waals surface area contributed by atoms with Crippen LogP contribution in [0.1, 0.15) is 18.4 Å². The lowest BCUT2D eigenvalue weighted by atomic mass is 10.0. The zero-order chi connectivity index (χ0) is 13.0. The summed E-state index contributed by atoms with van der Waals surface area (Å²) in [6.45, 7) is 2.65. The topological polar surface area (TPSA) is 24.5 Å². The number of rotatable bonds is 4. The molecule has 0 aromatic heterocycles. The number of anilines is 1. The van der Waals surface area contributed by atoms with Crippen molar-refractivity contribution in [2.45, 2.75) is 25.4 Å². The summed E-state index contributed by atoms with van der Waals surface area (Å²) in [5.74, 6) is 0. The number of hydrogen-bond acceptors (Lipinski definition) is 3. The van der Waals surface area contributed by atoms with E-state index in [0.717, 1.165) is 37.1 Å². The molecule has 2 rings (SSSR count). The molecule has 0 atom stereocenters. The molecule has 1 heterocycles. The van der Waals surface area contributed by atoms with Gasteiger partial charge in [0.2, 0.25) is 0 Å². The maximum atomic E-state index is 5.44. The minimum Gasteiger partial charge on any atom is -0.381 e. The van der Waals surface area contributed by atoms with Gasteiger partial charge in [-0.05, 0) is 43.7 Å². The summed E-state index contributed by atoms with van der Waals surface area (Å²) in [5.41, 5.74) is 2.65. The highest BCUT2D eigenvalue weighted by atomic mass is 79.9. The normalized spacial score (nSPS) is 16.8. The van der Waals surface area contributed by atoms with Gasteiger partial charge in [-0.15, -0.1) is 0 Å². The van der Waals surface area contributed by atoms with Gasteiger partial charge in [-0.1, -0.05) is 15.9 Å². The van der Waals surface area contributed by atoms with Crippen LogP contribution in [0.5, 0.6) is 0 Å². The summed E-state index contributed by atoms with van der Waals surface area (Å²) in [5, 5.41) is 3.24. The van der Waals surface area contributed by atoms with Crippen LogP contribution < -0.4 is 10.2 Å². The molecular formula is C14H21BrN2O. The van der Waals surface area contributed by atoms with E-state index in [-0.39, 0.29) is 0 Å². The smallest absolute Gasteiger partial charge is 0.0485 e. The van der Waals surface area contributed by atoms with Gasteiger partial charge in [0.1, 0.15) is 0 Å². The van der Waals surface area contributed by atoms with E-state index in [1.54, 1.807) is 0 Å². The first-order valence-electron chi connectivity index (χ1n) is 6.46. The highest BCUT2D eigenvalue weighted by molar-refractivity contribution is 9.10. The zero-order valence-corrected chi connectivity index (χ0v) is 12.7. The number of halogens is 1. The van der Waals surface area contributed by atoms with Gasteiger partial charge in [-0.3, -0.25) is 0 Å². The van der Waals surface area contributed by atoms with Crippen molar-refractivity contribution in [3.05, 3.63) is 28.2 Å². The predicted octanol–water partition coefficient (Wildman–Crippen LogP) is 2.78. The second-order valence-corrected chi connectivity index (χ2v) is 5.67. The molecule has 0 radical (unpaired) electrons. The van der Waals surface area contributed by atoms with Crippen LogP contribution in [0.25, 0.3) is 0 Å². The van der Waals surface area contributed by atoms with Gasteiger partial charge in [0, 0.05) is 43.0 Å². The molecule has 1 fully saturated rings. The van der Waals surface area contributed by atoms with Crippen LogP contribution in [0.4, 0.5) is 5.69 Å². The van der Waals surface area contributed by atoms with Crippen molar-refractivity contribution >= 4 is 21.6 Å². The summed E-state index contributed by atoms with van der Waals surface area (Å²) >= 11 is 3.55. The molecule has 1 aliphatic heterocycles. The molecule has 0 amide bonds. The molecule has 1 N–H and O–H groups in total. The quantitative estimate of drug-likeness (QED) is 0.925. The fourth-order valence-electron chi connectivity index (χ4n) is 2.50. The number of nitrogens with one attached hydrogen (secondary N) is 1. The largest absolute Gasteiger partial charge is 0.381 e. The van der Waals surface area contributed by atoms with E-state index in [2.05, 4.69) is 51.4 Å². The number of nitrogens with zero attached hydrogens (tertiary/aromatic N) is 1. The van der Waals surface area contributed by atoms with Crippen molar-refractivity contribution < 1.29 is 4.74 Å². The second kappa shape index (κ2) is 6.55. The molecular weight excluding hydrogens is 292 g/mol. The average molecular weight is 313 g/mol. The van der Waals surface area contributed by atoms with E-state index >= 15 is 0 Å². The maximum Gasteiger partial charge on any atom is 0.0485 e. The first-order chi connectivity index (χ1) is 8.72. The Morgan fingerprint density at radius 2 is 2.11 bits per heavy atom. The fraction of sp³-hybridized carbons (Fsp3) is 0.571. The molecule has 0 bridgehead atoms. The van der Waals surface area contributed by atoms with Crippen molar-refractivity contribution in [3.8, 4) is 0 Å². The van der Waals surface area contributed by atoms with Crippen molar-refractivity contribution in [2.24, 2.45) is 0 Å². The SMILES string of the molecule is CNCc1cc(Br)ccc1N(C)C1CCOCC1. The van der Waals surface area contributed by atoms with Gasteiger partial charge in [0.25, 0.3) is 0 Å². The second-order valence-electron chi connectivity index (χ2n) is 4.76. The van der Waals surface area contributed by atoms with Crippen molar-refractivity contribution in [1.29, 1.82) is 0 Å². The van der Waals surface area contributed by atoms with Gasteiger partial charge < -0.3 is 15.0 Å². The summed E-state index contributed by atoms with van der Waals surface area (Å²) in [7, 11) is 4.18. The predicted molar refractivity (Wildman–Crippen MR) is 79.1 cm³/mol. The van der Waals surface area contributed by atoms with Crippen molar-refractivity contribution in [2.75, 3.05) is 32.2 Å². The van der Waals surface area contributed by atoms with E-state index in [9.17, 15) is 0 Å². The van der Waals surface area contributed by atoms with E-state index < -0.39 is 0 Å². The molecule has 1 aromatic rings. The molecule has 100 valence electrons. The molecule has 1 aliphatic rings. The van der Waals surface area contributed by atoms with Gasteiger partial charge >= 0.3 is 0 Å².